The highest BCUT2D eigenvalue weighted by atomic mass is 16.1. The average molecular weight is 220 g/mol. The monoisotopic (exact) mass is 220 g/mol. The molecule has 2 aromatic heterocycles. The van der Waals surface area contributed by atoms with E-state index in [2.05, 4.69) is 15.4 Å². The predicted molar refractivity (Wildman–Crippen MR) is 63.1 cm³/mol. The summed E-state index contributed by atoms with van der Waals surface area (Å²) in [4.78, 5) is 14.4. The van der Waals surface area contributed by atoms with Crippen molar-refractivity contribution in [3.8, 4) is 0 Å². The van der Waals surface area contributed by atoms with Crippen LogP contribution in [0.1, 0.15) is 13.1 Å². The summed E-state index contributed by atoms with van der Waals surface area (Å²) in [5, 5.41) is 6.81. The number of carbonyl (C=O) groups excluding carboxylic acids is 1. The number of nitrogens with one attached hydrogen (secondary N) is 1. The van der Waals surface area contributed by atoms with Crippen LogP contribution >= 0.6 is 0 Å². The third-order valence-corrected chi connectivity index (χ3v) is 2.19. The SMILES string of the molecule is C.Cc1ccc2c(cnn2CCNC=O)n1. The van der Waals surface area contributed by atoms with Gasteiger partial charge in [0.1, 0.15) is 5.52 Å². The van der Waals surface area contributed by atoms with E-state index in [1.807, 2.05) is 23.7 Å². The van der Waals surface area contributed by atoms with Gasteiger partial charge in [-0.1, -0.05) is 7.43 Å². The first-order valence-electron chi connectivity index (χ1n) is 4.77. The van der Waals surface area contributed by atoms with Crippen LogP contribution in [-0.4, -0.2) is 27.7 Å². The average Bonchev–Trinajstić information content (AvgIpc) is 2.61. The molecule has 5 nitrogen and oxygen atoms in total. The summed E-state index contributed by atoms with van der Waals surface area (Å²) in [6, 6.07) is 3.94. The van der Waals surface area contributed by atoms with Gasteiger partial charge in [0.2, 0.25) is 6.41 Å². The van der Waals surface area contributed by atoms with Crippen LogP contribution in [0.15, 0.2) is 18.3 Å². The lowest BCUT2D eigenvalue weighted by Crippen LogP contribution is -2.18. The van der Waals surface area contributed by atoms with Crippen LogP contribution in [0, 0.1) is 6.92 Å². The number of nitrogens with zero attached hydrogens (tertiary/aromatic N) is 3. The molecule has 0 aromatic carbocycles. The fraction of sp³-hybridized carbons (Fsp3) is 0.364. The second kappa shape index (κ2) is 5.25. The lowest BCUT2D eigenvalue weighted by molar-refractivity contribution is -0.109. The summed E-state index contributed by atoms with van der Waals surface area (Å²) < 4.78 is 1.83. The van der Waals surface area contributed by atoms with E-state index >= 15 is 0 Å². The largest absolute Gasteiger partial charge is 0.357 e. The van der Waals surface area contributed by atoms with Crippen LogP contribution < -0.4 is 5.32 Å². The molecule has 0 aliphatic rings. The third kappa shape index (κ3) is 2.36. The smallest absolute Gasteiger partial charge is 0.207 e. The fourth-order valence-corrected chi connectivity index (χ4v) is 1.48. The molecule has 0 aliphatic heterocycles. The zero-order chi connectivity index (χ0) is 10.7. The summed E-state index contributed by atoms with van der Waals surface area (Å²) in [5.41, 5.74) is 2.86. The Hall–Kier alpha value is -1.91. The second-order valence-corrected chi connectivity index (χ2v) is 3.30. The van der Waals surface area contributed by atoms with Gasteiger partial charge >= 0.3 is 0 Å². The number of aromatic nitrogens is 3. The molecule has 86 valence electrons. The van der Waals surface area contributed by atoms with Crippen molar-refractivity contribution in [3.05, 3.63) is 24.0 Å². The maximum Gasteiger partial charge on any atom is 0.207 e. The summed E-state index contributed by atoms with van der Waals surface area (Å²) >= 11 is 0. The van der Waals surface area contributed by atoms with Crippen LogP contribution in [0.2, 0.25) is 0 Å². The van der Waals surface area contributed by atoms with E-state index in [4.69, 9.17) is 0 Å². The number of rotatable bonds is 4. The maximum atomic E-state index is 10.1. The molecule has 2 heterocycles. The molecule has 0 fully saturated rings. The highest BCUT2D eigenvalue weighted by Crippen LogP contribution is 2.11. The summed E-state index contributed by atoms with van der Waals surface area (Å²) in [5.74, 6) is 0. The lowest BCUT2D eigenvalue weighted by Gasteiger charge is -2.02. The number of hydrogen-bond donors (Lipinski definition) is 1. The molecule has 0 spiro atoms. The van der Waals surface area contributed by atoms with Crippen molar-refractivity contribution in [2.45, 2.75) is 20.9 Å². The summed E-state index contributed by atoms with van der Waals surface area (Å²) in [6.07, 6.45) is 2.43. The number of amides is 1. The molecule has 0 aliphatic carbocycles. The van der Waals surface area contributed by atoms with Crippen molar-refractivity contribution in [3.63, 3.8) is 0 Å². The van der Waals surface area contributed by atoms with Crippen molar-refractivity contribution in [2.24, 2.45) is 0 Å². The van der Waals surface area contributed by atoms with E-state index in [0.717, 1.165) is 16.7 Å². The Balaban J connectivity index is 0.00000128. The molecule has 0 bridgehead atoms. The normalized spacial score (nSPS) is 9.81. The number of hydrogen-bond acceptors (Lipinski definition) is 3. The van der Waals surface area contributed by atoms with Gasteiger partial charge in [0.25, 0.3) is 0 Å². The quantitative estimate of drug-likeness (QED) is 0.620. The Bertz CT molecular complexity index is 478. The summed E-state index contributed by atoms with van der Waals surface area (Å²) in [6.45, 7) is 3.19. The standard InChI is InChI=1S/C10H12N4O.CH4/c1-8-2-3-10-9(13-8)6-12-14(10)5-4-11-7-15;/h2-3,6-7H,4-5H2,1H3,(H,11,15);1H4. The molecule has 2 aromatic rings. The number of fused-ring (bicyclic) bond motifs is 1. The van der Waals surface area contributed by atoms with Gasteiger partial charge in [-0.15, -0.1) is 0 Å². The molecule has 1 amide bonds. The molecule has 0 atom stereocenters. The van der Waals surface area contributed by atoms with E-state index in [0.29, 0.717) is 19.5 Å². The Morgan fingerprint density at radius 1 is 1.50 bits per heavy atom. The minimum atomic E-state index is 0. The van der Waals surface area contributed by atoms with Gasteiger partial charge in [-0.3, -0.25) is 9.48 Å². The maximum absolute atomic E-state index is 10.1. The molecular formula is C11H16N4O. The first-order valence-corrected chi connectivity index (χ1v) is 4.77. The van der Waals surface area contributed by atoms with Crippen molar-refractivity contribution in [1.29, 1.82) is 0 Å². The highest BCUT2D eigenvalue weighted by Gasteiger charge is 2.02. The van der Waals surface area contributed by atoms with Crippen LogP contribution in [0.25, 0.3) is 11.0 Å². The van der Waals surface area contributed by atoms with Crippen LogP contribution in [0.4, 0.5) is 0 Å². The molecule has 0 unspecified atom stereocenters. The van der Waals surface area contributed by atoms with Crippen molar-refractivity contribution < 1.29 is 4.79 Å². The first kappa shape index (κ1) is 12.2. The zero-order valence-corrected chi connectivity index (χ0v) is 8.47. The van der Waals surface area contributed by atoms with Gasteiger partial charge in [-0.2, -0.15) is 5.10 Å². The van der Waals surface area contributed by atoms with E-state index in [1.54, 1.807) is 6.20 Å². The first-order chi connectivity index (χ1) is 7.31. The zero-order valence-electron chi connectivity index (χ0n) is 8.47. The molecule has 16 heavy (non-hydrogen) atoms. The second-order valence-electron chi connectivity index (χ2n) is 3.30. The molecule has 5 heteroatoms. The van der Waals surface area contributed by atoms with E-state index in [-0.39, 0.29) is 7.43 Å². The van der Waals surface area contributed by atoms with Gasteiger partial charge in [0.15, 0.2) is 0 Å². The molecule has 2 rings (SSSR count). The predicted octanol–water partition coefficient (Wildman–Crippen LogP) is 1.12. The molecule has 0 saturated carbocycles. The Kier molecular flexibility index (Phi) is 3.99. The van der Waals surface area contributed by atoms with Crippen molar-refractivity contribution in [2.75, 3.05) is 6.54 Å². The topological polar surface area (TPSA) is 59.8 Å². The van der Waals surface area contributed by atoms with Crippen LogP contribution in [0.3, 0.4) is 0 Å². The molecule has 1 N–H and O–H groups in total. The van der Waals surface area contributed by atoms with E-state index in [9.17, 15) is 4.79 Å². The molecular weight excluding hydrogens is 204 g/mol. The Labute approximate surface area is 94.5 Å². The minimum absolute atomic E-state index is 0. The van der Waals surface area contributed by atoms with Crippen molar-refractivity contribution >= 4 is 17.4 Å². The number of carbonyl (C=O) groups is 1. The fourth-order valence-electron chi connectivity index (χ4n) is 1.48. The lowest BCUT2D eigenvalue weighted by atomic mass is 10.3. The number of pyridine rings is 1. The van der Waals surface area contributed by atoms with Gasteiger partial charge in [-0.25, -0.2) is 4.98 Å². The van der Waals surface area contributed by atoms with E-state index in [1.165, 1.54) is 0 Å². The van der Waals surface area contributed by atoms with E-state index < -0.39 is 0 Å². The van der Waals surface area contributed by atoms with Gasteiger partial charge in [0, 0.05) is 12.2 Å². The summed E-state index contributed by atoms with van der Waals surface area (Å²) in [7, 11) is 0. The number of aryl methyl sites for hydroxylation is 1. The Morgan fingerprint density at radius 2 is 2.31 bits per heavy atom. The van der Waals surface area contributed by atoms with Gasteiger partial charge < -0.3 is 5.32 Å². The molecule has 0 radical (unpaired) electrons. The Morgan fingerprint density at radius 3 is 3.06 bits per heavy atom. The van der Waals surface area contributed by atoms with Crippen molar-refractivity contribution in [1.82, 2.24) is 20.1 Å². The van der Waals surface area contributed by atoms with Crippen LogP contribution in [0.5, 0.6) is 0 Å². The highest BCUT2D eigenvalue weighted by molar-refractivity contribution is 5.74. The minimum Gasteiger partial charge on any atom is -0.357 e. The van der Waals surface area contributed by atoms with Gasteiger partial charge in [0.05, 0.1) is 18.3 Å². The third-order valence-electron chi connectivity index (χ3n) is 2.19. The van der Waals surface area contributed by atoms with Crippen LogP contribution in [-0.2, 0) is 11.3 Å². The molecule has 0 saturated heterocycles. The van der Waals surface area contributed by atoms with Gasteiger partial charge in [-0.05, 0) is 19.1 Å².